The van der Waals surface area contributed by atoms with Crippen LogP contribution in [-0.2, 0) is 0 Å². The molecule has 0 rings (SSSR count). The third-order valence-corrected chi connectivity index (χ3v) is 2.48. The van der Waals surface area contributed by atoms with Gasteiger partial charge in [-0.1, -0.05) is 55.0 Å². The first-order valence-corrected chi connectivity index (χ1v) is 6.08. The highest BCUT2D eigenvalue weighted by molar-refractivity contribution is 5.09. The van der Waals surface area contributed by atoms with Gasteiger partial charge in [0, 0.05) is 0 Å². The van der Waals surface area contributed by atoms with Gasteiger partial charge in [0.25, 0.3) is 0 Å². The van der Waals surface area contributed by atoms with E-state index in [2.05, 4.69) is 45.9 Å². The monoisotopic (exact) mass is 217 g/mol. The van der Waals surface area contributed by atoms with Crippen LogP contribution in [0.1, 0.15) is 47.0 Å². The summed E-state index contributed by atoms with van der Waals surface area (Å²) >= 11 is 0. The second-order valence-electron chi connectivity index (χ2n) is 4.70. The highest BCUT2D eigenvalue weighted by Crippen LogP contribution is 2.13. The summed E-state index contributed by atoms with van der Waals surface area (Å²) in [5.41, 5.74) is 2.71. The molecule has 0 saturated heterocycles. The van der Waals surface area contributed by atoms with E-state index in [1.54, 1.807) is 6.08 Å². The van der Waals surface area contributed by atoms with Gasteiger partial charge in [-0.15, -0.1) is 0 Å². The molecule has 0 amide bonds. The molecule has 0 fully saturated rings. The van der Waals surface area contributed by atoms with E-state index < -0.39 is 0 Å². The number of hydrogen-bond acceptors (Lipinski definition) is 0. The molecular formula is C16H25. The smallest absolute Gasteiger partial charge is 0.0259 e. The second-order valence-corrected chi connectivity index (χ2v) is 4.70. The predicted molar refractivity (Wildman–Crippen MR) is 74.2 cm³/mol. The number of allylic oxidation sites excluding steroid dienone is 7. The van der Waals surface area contributed by atoms with E-state index in [1.165, 1.54) is 24.0 Å². The van der Waals surface area contributed by atoms with Gasteiger partial charge in [0.05, 0.1) is 0 Å². The van der Waals surface area contributed by atoms with E-state index >= 15 is 0 Å². The third-order valence-electron chi connectivity index (χ3n) is 2.48. The molecule has 0 bridgehead atoms. The maximum atomic E-state index is 5.34. The minimum Gasteiger partial charge on any atom is -0.0817 e. The number of hydrogen-bond donors (Lipinski definition) is 0. The van der Waals surface area contributed by atoms with Crippen molar-refractivity contribution in [2.75, 3.05) is 0 Å². The Kier molecular flexibility index (Phi) is 8.61. The molecule has 1 radical (unpaired) electrons. The molecule has 0 N–H and O–H groups in total. The van der Waals surface area contributed by atoms with Crippen LogP contribution in [0.2, 0.25) is 0 Å². The van der Waals surface area contributed by atoms with Crippen LogP contribution < -0.4 is 0 Å². The van der Waals surface area contributed by atoms with Crippen molar-refractivity contribution in [3.63, 3.8) is 0 Å². The van der Waals surface area contributed by atoms with Gasteiger partial charge in [-0.05, 0) is 46.0 Å². The van der Waals surface area contributed by atoms with Crippen molar-refractivity contribution in [3.8, 4) is 0 Å². The Morgan fingerprint density at radius 3 is 2.44 bits per heavy atom. The quantitative estimate of drug-likeness (QED) is 0.511. The van der Waals surface area contributed by atoms with E-state index in [0.29, 0.717) is 5.92 Å². The molecule has 1 atom stereocenters. The molecule has 0 heterocycles. The Hall–Kier alpha value is -1.04. The minimum atomic E-state index is 0.658. The van der Waals surface area contributed by atoms with Gasteiger partial charge >= 0.3 is 0 Å². The molecule has 0 aliphatic heterocycles. The first-order valence-electron chi connectivity index (χ1n) is 6.08. The highest BCUT2D eigenvalue weighted by atomic mass is 14.0. The first-order chi connectivity index (χ1) is 7.56. The summed E-state index contributed by atoms with van der Waals surface area (Å²) < 4.78 is 0. The molecule has 0 aromatic carbocycles. The SMILES string of the molecule is [CH]=CC=C(C)CCCC(C)C=CC=C(C)C. The molecule has 0 heteroatoms. The summed E-state index contributed by atoms with van der Waals surface area (Å²) in [4.78, 5) is 0. The van der Waals surface area contributed by atoms with Crippen LogP contribution in [0.15, 0.2) is 41.5 Å². The van der Waals surface area contributed by atoms with Gasteiger partial charge in [-0.25, -0.2) is 0 Å². The van der Waals surface area contributed by atoms with Gasteiger partial charge in [-0.3, -0.25) is 0 Å². The Morgan fingerprint density at radius 2 is 1.88 bits per heavy atom. The van der Waals surface area contributed by atoms with E-state index in [-0.39, 0.29) is 0 Å². The van der Waals surface area contributed by atoms with Gasteiger partial charge in [0.15, 0.2) is 0 Å². The van der Waals surface area contributed by atoms with Gasteiger partial charge in [0.1, 0.15) is 0 Å². The van der Waals surface area contributed by atoms with Crippen LogP contribution in [0, 0.1) is 12.5 Å². The zero-order valence-electron chi connectivity index (χ0n) is 11.2. The van der Waals surface area contributed by atoms with Crippen molar-refractivity contribution in [1.82, 2.24) is 0 Å². The van der Waals surface area contributed by atoms with Crippen LogP contribution in [0.4, 0.5) is 0 Å². The van der Waals surface area contributed by atoms with E-state index in [1.807, 2.05) is 6.08 Å². The van der Waals surface area contributed by atoms with Gasteiger partial charge in [0.2, 0.25) is 0 Å². The van der Waals surface area contributed by atoms with Gasteiger partial charge in [-0.2, -0.15) is 0 Å². The lowest BCUT2D eigenvalue weighted by molar-refractivity contribution is 0.605. The largest absolute Gasteiger partial charge is 0.0817 e. The predicted octanol–water partition coefficient (Wildman–Crippen LogP) is 5.25. The lowest BCUT2D eigenvalue weighted by Crippen LogP contribution is -1.90. The summed E-state index contributed by atoms with van der Waals surface area (Å²) in [6.45, 7) is 14.0. The molecular weight excluding hydrogens is 192 g/mol. The zero-order valence-corrected chi connectivity index (χ0v) is 11.2. The Morgan fingerprint density at radius 1 is 1.19 bits per heavy atom. The average Bonchev–Trinajstić information content (AvgIpc) is 2.17. The summed E-state index contributed by atoms with van der Waals surface area (Å²) in [6, 6.07) is 0. The van der Waals surface area contributed by atoms with Crippen LogP contribution >= 0.6 is 0 Å². The Labute approximate surface area is 101 Å². The fraction of sp³-hybridized carbons (Fsp3) is 0.500. The second kappa shape index (κ2) is 9.21. The standard InChI is InChI=1S/C16H25/c1-6-9-15(4)12-8-13-16(5)11-7-10-14(2)3/h1,6-7,9-11,16H,8,12-13H2,2-5H3. The molecule has 1 unspecified atom stereocenters. The molecule has 0 aromatic rings. The van der Waals surface area contributed by atoms with Crippen molar-refractivity contribution in [1.29, 1.82) is 0 Å². The lowest BCUT2D eigenvalue weighted by atomic mass is 10.0. The average molecular weight is 217 g/mol. The lowest BCUT2D eigenvalue weighted by Gasteiger charge is -2.05. The molecule has 0 aliphatic rings. The molecule has 0 aromatic heterocycles. The summed E-state index contributed by atoms with van der Waals surface area (Å²) in [5.74, 6) is 0.658. The van der Waals surface area contributed by atoms with Crippen molar-refractivity contribution in [3.05, 3.63) is 48.1 Å². The third kappa shape index (κ3) is 9.51. The van der Waals surface area contributed by atoms with Crippen molar-refractivity contribution in [2.24, 2.45) is 5.92 Å². The summed E-state index contributed by atoms with van der Waals surface area (Å²) in [7, 11) is 0. The zero-order chi connectivity index (χ0) is 12.4. The Balaban J connectivity index is 3.78. The minimum absolute atomic E-state index is 0.658. The molecule has 0 aliphatic carbocycles. The first kappa shape index (κ1) is 15.0. The van der Waals surface area contributed by atoms with E-state index in [9.17, 15) is 0 Å². The van der Waals surface area contributed by atoms with Crippen molar-refractivity contribution >= 4 is 0 Å². The number of rotatable bonds is 7. The molecule has 16 heavy (non-hydrogen) atoms. The molecule has 0 saturated carbocycles. The van der Waals surface area contributed by atoms with E-state index in [0.717, 1.165) is 6.42 Å². The van der Waals surface area contributed by atoms with Crippen molar-refractivity contribution in [2.45, 2.75) is 47.0 Å². The Bertz CT molecular complexity index is 272. The topological polar surface area (TPSA) is 0 Å². The van der Waals surface area contributed by atoms with Crippen molar-refractivity contribution < 1.29 is 0 Å². The fourth-order valence-corrected chi connectivity index (χ4v) is 1.48. The van der Waals surface area contributed by atoms with Crippen LogP contribution in [0.5, 0.6) is 0 Å². The normalized spacial score (nSPS) is 13.9. The maximum absolute atomic E-state index is 5.34. The van der Waals surface area contributed by atoms with Crippen LogP contribution in [-0.4, -0.2) is 0 Å². The fourth-order valence-electron chi connectivity index (χ4n) is 1.48. The highest BCUT2D eigenvalue weighted by Gasteiger charge is 1.96. The molecule has 0 spiro atoms. The van der Waals surface area contributed by atoms with E-state index in [4.69, 9.17) is 6.58 Å². The molecule has 89 valence electrons. The maximum Gasteiger partial charge on any atom is -0.0259 e. The summed E-state index contributed by atoms with van der Waals surface area (Å²) in [6.07, 6.45) is 13.8. The molecule has 0 nitrogen and oxygen atoms in total. The van der Waals surface area contributed by atoms with Crippen LogP contribution in [0.25, 0.3) is 0 Å². The van der Waals surface area contributed by atoms with Crippen LogP contribution in [0.3, 0.4) is 0 Å². The van der Waals surface area contributed by atoms with Gasteiger partial charge < -0.3 is 0 Å². The summed E-state index contributed by atoms with van der Waals surface area (Å²) in [5, 5.41) is 0.